The van der Waals surface area contributed by atoms with Gasteiger partial charge in [0.05, 0.1) is 38.8 Å². The number of sulfonamides is 1. The van der Waals surface area contributed by atoms with E-state index in [4.69, 9.17) is 14.2 Å². The average Bonchev–Trinajstić information content (AvgIpc) is 2.93. The zero-order valence-electron chi connectivity index (χ0n) is 22.6. The summed E-state index contributed by atoms with van der Waals surface area (Å²) in [4.78, 5) is 21.0. The Balaban J connectivity index is 1.43. The lowest BCUT2D eigenvalue weighted by molar-refractivity contribution is 0.0981. The molecule has 0 unspecified atom stereocenters. The van der Waals surface area contributed by atoms with Crippen molar-refractivity contribution in [2.75, 3.05) is 58.2 Å². The highest BCUT2D eigenvalue weighted by Gasteiger charge is 2.22. The van der Waals surface area contributed by atoms with Gasteiger partial charge in [-0.05, 0) is 55.0 Å². The standard InChI is InChI=1S/C28H34N4O6S/c1-5-38-24-14-22(17-29-18-24)21-15-26(36-2)25(27(16-21)37-3)19-31-10-12-32(13-11-31)23-8-6-20(7-9-23)28(33)30-39(4,34)35/h6-9,14-18H,5,10-13,19H2,1-4H3,(H,30,33). The van der Waals surface area contributed by atoms with Crippen molar-refractivity contribution in [2.45, 2.75) is 13.5 Å². The number of ether oxygens (including phenoxy) is 3. The maximum Gasteiger partial charge on any atom is 0.264 e. The number of rotatable bonds is 10. The Labute approximate surface area is 229 Å². The van der Waals surface area contributed by atoms with Gasteiger partial charge in [0.2, 0.25) is 10.0 Å². The molecule has 1 aromatic heterocycles. The zero-order chi connectivity index (χ0) is 28.0. The third-order valence-electron chi connectivity index (χ3n) is 6.49. The van der Waals surface area contributed by atoms with E-state index in [1.165, 1.54) is 0 Å². The molecule has 39 heavy (non-hydrogen) atoms. The Kier molecular flexibility index (Phi) is 8.93. The number of amides is 1. The van der Waals surface area contributed by atoms with E-state index in [1.54, 1.807) is 38.7 Å². The molecule has 11 heteroatoms. The number of carbonyl (C=O) groups excluding carboxylic acids is 1. The van der Waals surface area contributed by atoms with Crippen LogP contribution in [0.1, 0.15) is 22.8 Å². The van der Waals surface area contributed by atoms with Gasteiger partial charge in [0.25, 0.3) is 5.91 Å². The average molecular weight is 555 g/mol. The Morgan fingerprint density at radius 2 is 1.59 bits per heavy atom. The smallest absolute Gasteiger partial charge is 0.264 e. The fourth-order valence-electron chi connectivity index (χ4n) is 4.57. The predicted octanol–water partition coefficient (Wildman–Crippen LogP) is 3.18. The first-order chi connectivity index (χ1) is 18.7. The molecule has 10 nitrogen and oxygen atoms in total. The Hall–Kier alpha value is -3.83. The molecule has 1 N–H and O–H groups in total. The molecule has 1 saturated heterocycles. The quantitative estimate of drug-likeness (QED) is 0.404. The summed E-state index contributed by atoms with van der Waals surface area (Å²) in [6.45, 7) is 6.42. The topological polar surface area (TPSA) is 110 Å². The predicted molar refractivity (Wildman–Crippen MR) is 150 cm³/mol. The van der Waals surface area contributed by atoms with E-state index in [2.05, 4.69) is 14.8 Å². The SMILES string of the molecule is CCOc1cncc(-c2cc(OC)c(CN3CCN(c4ccc(C(=O)NS(C)(=O)=O)cc4)CC3)c(OC)c2)c1. The van der Waals surface area contributed by atoms with Gasteiger partial charge >= 0.3 is 0 Å². The summed E-state index contributed by atoms with van der Waals surface area (Å²) in [6.07, 6.45) is 4.44. The number of hydrogen-bond donors (Lipinski definition) is 1. The maximum atomic E-state index is 12.1. The van der Waals surface area contributed by atoms with Crippen LogP contribution >= 0.6 is 0 Å². The van der Waals surface area contributed by atoms with E-state index >= 15 is 0 Å². The molecule has 1 amide bonds. The minimum Gasteiger partial charge on any atom is -0.496 e. The van der Waals surface area contributed by atoms with Gasteiger partial charge in [-0.25, -0.2) is 13.1 Å². The van der Waals surface area contributed by atoms with Gasteiger partial charge in [0.1, 0.15) is 17.2 Å². The molecule has 3 aromatic rings. The molecule has 0 radical (unpaired) electrons. The number of benzene rings is 2. The van der Waals surface area contributed by atoms with E-state index in [-0.39, 0.29) is 0 Å². The van der Waals surface area contributed by atoms with E-state index in [9.17, 15) is 13.2 Å². The van der Waals surface area contributed by atoms with Crippen LogP contribution in [0.4, 0.5) is 5.69 Å². The van der Waals surface area contributed by atoms with Crippen LogP contribution < -0.4 is 23.8 Å². The molecule has 0 atom stereocenters. The lowest BCUT2D eigenvalue weighted by Crippen LogP contribution is -2.46. The highest BCUT2D eigenvalue weighted by atomic mass is 32.2. The Morgan fingerprint density at radius 3 is 2.15 bits per heavy atom. The van der Waals surface area contributed by atoms with Crippen molar-refractivity contribution in [3.63, 3.8) is 0 Å². The van der Waals surface area contributed by atoms with Crippen molar-refractivity contribution >= 4 is 21.6 Å². The third kappa shape index (κ3) is 7.18. The fourth-order valence-corrected chi connectivity index (χ4v) is 5.02. The van der Waals surface area contributed by atoms with E-state index in [0.29, 0.717) is 24.5 Å². The summed E-state index contributed by atoms with van der Waals surface area (Å²) in [5.41, 5.74) is 4.10. The molecule has 2 heterocycles. The number of aromatic nitrogens is 1. The first kappa shape index (κ1) is 28.2. The molecule has 0 aliphatic carbocycles. The van der Waals surface area contributed by atoms with Crippen molar-refractivity contribution in [3.05, 3.63) is 66.0 Å². The molecule has 2 aromatic carbocycles. The summed E-state index contributed by atoms with van der Waals surface area (Å²) in [5, 5.41) is 0. The second-order valence-electron chi connectivity index (χ2n) is 9.22. The number of anilines is 1. The van der Waals surface area contributed by atoms with Gasteiger partial charge < -0.3 is 19.1 Å². The Morgan fingerprint density at radius 1 is 0.949 bits per heavy atom. The van der Waals surface area contributed by atoms with Crippen LogP contribution in [0, 0.1) is 0 Å². The van der Waals surface area contributed by atoms with Crippen molar-refractivity contribution in [3.8, 4) is 28.4 Å². The molecule has 0 bridgehead atoms. The summed E-state index contributed by atoms with van der Waals surface area (Å²) in [7, 11) is -0.283. The lowest BCUT2D eigenvalue weighted by Gasteiger charge is -2.36. The molecular weight excluding hydrogens is 520 g/mol. The van der Waals surface area contributed by atoms with Crippen LogP contribution in [-0.4, -0.2) is 77.5 Å². The summed E-state index contributed by atoms with van der Waals surface area (Å²) >= 11 is 0. The highest BCUT2D eigenvalue weighted by Crippen LogP contribution is 2.37. The van der Waals surface area contributed by atoms with Crippen LogP contribution in [0.25, 0.3) is 11.1 Å². The van der Waals surface area contributed by atoms with Crippen molar-refractivity contribution in [2.24, 2.45) is 0 Å². The normalized spacial score (nSPS) is 14.1. The van der Waals surface area contributed by atoms with Crippen LogP contribution in [0.5, 0.6) is 17.2 Å². The molecule has 1 aliphatic rings. The molecule has 1 fully saturated rings. The minimum atomic E-state index is -3.61. The third-order valence-corrected chi connectivity index (χ3v) is 7.05. The minimum absolute atomic E-state index is 0.297. The number of carbonyl (C=O) groups is 1. The number of hydrogen-bond acceptors (Lipinski definition) is 9. The van der Waals surface area contributed by atoms with Crippen molar-refractivity contribution in [1.29, 1.82) is 0 Å². The second kappa shape index (κ2) is 12.4. The van der Waals surface area contributed by atoms with Crippen LogP contribution in [0.3, 0.4) is 0 Å². The van der Waals surface area contributed by atoms with Crippen molar-refractivity contribution in [1.82, 2.24) is 14.6 Å². The number of nitrogens with zero attached hydrogens (tertiary/aromatic N) is 3. The van der Waals surface area contributed by atoms with Gasteiger partial charge in [-0.2, -0.15) is 0 Å². The lowest BCUT2D eigenvalue weighted by atomic mass is 10.0. The number of methoxy groups -OCH3 is 2. The molecule has 4 rings (SSSR count). The van der Waals surface area contributed by atoms with Gasteiger partial charge in [-0.3, -0.25) is 14.7 Å². The first-order valence-electron chi connectivity index (χ1n) is 12.6. The summed E-state index contributed by atoms with van der Waals surface area (Å²) in [6, 6.07) is 12.9. The first-order valence-corrected chi connectivity index (χ1v) is 14.5. The van der Waals surface area contributed by atoms with Crippen LogP contribution in [0.2, 0.25) is 0 Å². The van der Waals surface area contributed by atoms with E-state index < -0.39 is 15.9 Å². The van der Waals surface area contributed by atoms with Gasteiger partial charge in [-0.15, -0.1) is 0 Å². The molecule has 0 saturated carbocycles. The Bertz CT molecular complexity index is 1380. The zero-order valence-corrected chi connectivity index (χ0v) is 23.5. The van der Waals surface area contributed by atoms with Crippen molar-refractivity contribution < 1.29 is 27.4 Å². The molecule has 1 aliphatic heterocycles. The van der Waals surface area contributed by atoms with Crippen LogP contribution in [-0.2, 0) is 16.6 Å². The summed E-state index contributed by atoms with van der Waals surface area (Å²) < 4.78 is 41.8. The van der Waals surface area contributed by atoms with Gasteiger partial charge in [0, 0.05) is 55.7 Å². The summed E-state index contributed by atoms with van der Waals surface area (Å²) in [5.74, 6) is 1.57. The van der Waals surface area contributed by atoms with Crippen LogP contribution in [0.15, 0.2) is 54.9 Å². The van der Waals surface area contributed by atoms with Gasteiger partial charge in [-0.1, -0.05) is 0 Å². The molecular formula is C28H34N4O6S. The molecule has 208 valence electrons. The number of piperazine rings is 1. The fraction of sp³-hybridized carbons (Fsp3) is 0.357. The van der Waals surface area contributed by atoms with E-state index in [1.807, 2.05) is 42.0 Å². The van der Waals surface area contributed by atoms with Gasteiger partial charge in [0.15, 0.2) is 0 Å². The number of pyridine rings is 1. The monoisotopic (exact) mass is 554 g/mol. The maximum absolute atomic E-state index is 12.1. The highest BCUT2D eigenvalue weighted by molar-refractivity contribution is 7.89. The number of nitrogens with one attached hydrogen (secondary N) is 1. The largest absolute Gasteiger partial charge is 0.496 e. The molecule has 0 spiro atoms. The second-order valence-corrected chi connectivity index (χ2v) is 11.0. The van der Waals surface area contributed by atoms with E-state index in [0.717, 1.165) is 66.3 Å².